The summed E-state index contributed by atoms with van der Waals surface area (Å²) in [6, 6.07) is 4.81. The molecule has 2 rings (SSSR count). The molecule has 118 valence electrons. The third-order valence-electron chi connectivity index (χ3n) is 2.66. The fraction of sp³-hybridized carbons (Fsp3) is 0.167. The fourth-order valence-corrected chi connectivity index (χ4v) is 3.60. The first-order chi connectivity index (χ1) is 10.2. The SMILES string of the molecule is COc1cc(Nc2sc(S(C)(=O)=O)cc2[N+](=O)[O-])ccc1F. The van der Waals surface area contributed by atoms with Crippen LogP contribution in [0.1, 0.15) is 0 Å². The van der Waals surface area contributed by atoms with E-state index in [4.69, 9.17) is 4.74 Å². The molecule has 0 saturated carbocycles. The molecule has 1 N–H and O–H groups in total. The molecule has 7 nitrogen and oxygen atoms in total. The molecular formula is C12H11FN2O5S2. The van der Waals surface area contributed by atoms with Gasteiger partial charge >= 0.3 is 5.69 Å². The lowest BCUT2D eigenvalue weighted by Crippen LogP contribution is -1.95. The minimum Gasteiger partial charge on any atom is -0.494 e. The first-order valence-corrected chi connectivity index (χ1v) is 8.52. The van der Waals surface area contributed by atoms with Crippen molar-refractivity contribution < 1.29 is 22.5 Å². The summed E-state index contributed by atoms with van der Waals surface area (Å²) in [5, 5.41) is 13.8. The van der Waals surface area contributed by atoms with Crippen molar-refractivity contribution in [2.24, 2.45) is 0 Å². The highest BCUT2D eigenvalue weighted by molar-refractivity contribution is 7.92. The largest absolute Gasteiger partial charge is 0.494 e. The second kappa shape index (κ2) is 5.89. The van der Waals surface area contributed by atoms with Crippen LogP contribution < -0.4 is 10.1 Å². The summed E-state index contributed by atoms with van der Waals surface area (Å²) in [6.07, 6.45) is 0.966. The molecule has 0 aliphatic heterocycles. The van der Waals surface area contributed by atoms with Gasteiger partial charge in [-0.05, 0) is 12.1 Å². The zero-order chi connectivity index (χ0) is 16.5. The summed E-state index contributed by atoms with van der Waals surface area (Å²) >= 11 is 0.732. The molecule has 1 aromatic heterocycles. The highest BCUT2D eigenvalue weighted by Gasteiger charge is 2.24. The summed E-state index contributed by atoms with van der Waals surface area (Å²) in [4.78, 5) is 10.3. The fourth-order valence-electron chi connectivity index (χ4n) is 1.64. The van der Waals surface area contributed by atoms with E-state index in [1.165, 1.54) is 19.2 Å². The van der Waals surface area contributed by atoms with Crippen LogP contribution in [0.4, 0.5) is 20.8 Å². The minimum atomic E-state index is -3.56. The molecule has 0 amide bonds. The molecule has 0 fully saturated rings. The van der Waals surface area contributed by atoms with Gasteiger partial charge in [0.1, 0.15) is 4.21 Å². The number of halogens is 1. The Hall–Kier alpha value is -2.20. The van der Waals surface area contributed by atoms with Crippen LogP contribution in [-0.4, -0.2) is 26.7 Å². The van der Waals surface area contributed by atoms with E-state index in [-0.39, 0.29) is 20.6 Å². The molecular weight excluding hydrogens is 335 g/mol. The minimum absolute atomic E-state index is 0.0347. The highest BCUT2D eigenvalue weighted by Crippen LogP contribution is 2.39. The van der Waals surface area contributed by atoms with Gasteiger partial charge in [0, 0.05) is 24.1 Å². The quantitative estimate of drug-likeness (QED) is 0.660. The molecule has 0 bridgehead atoms. The number of nitro groups is 1. The van der Waals surface area contributed by atoms with Crippen LogP contribution in [0.25, 0.3) is 0 Å². The van der Waals surface area contributed by atoms with Crippen LogP contribution in [0.15, 0.2) is 28.5 Å². The van der Waals surface area contributed by atoms with Crippen molar-refractivity contribution in [1.82, 2.24) is 0 Å². The average Bonchev–Trinajstić information content (AvgIpc) is 2.85. The maximum absolute atomic E-state index is 13.3. The maximum atomic E-state index is 13.3. The van der Waals surface area contributed by atoms with E-state index >= 15 is 0 Å². The predicted molar refractivity (Wildman–Crippen MR) is 80.3 cm³/mol. The van der Waals surface area contributed by atoms with Gasteiger partial charge in [0.2, 0.25) is 0 Å². The monoisotopic (exact) mass is 346 g/mol. The number of hydrogen-bond donors (Lipinski definition) is 1. The van der Waals surface area contributed by atoms with E-state index in [1.54, 1.807) is 0 Å². The molecule has 2 aromatic rings. The number of rotatable bonds is 5. The van der Waals surface area contributed by atoms with Gasteiger partial charge in [-0.3, -0.25) is 10.1 Å². The Morgan fingerprint density at radius 2 is 2.05 bits per heavy atom. The number of methoxy groups -OCH3 is 1. The Kier molecular flexibility index (Phi) is 4.33. The molecule has 1 aromatic carbocycles. The lowest BCUT2D eigenvalue weighted by Gasteiger charge is -2.06. The lowest BCUT2D eigenvalue weighted by atomic mass is 10.3. The summed E-state index contributed by atoms with van der Waals surface area (Å²) in [7, 11) is -2.27. The summed E-state index contributed by atoms with van der Waals surface area (Å²) in [6.45, 7) is 0. The summed E-state index contributed by atoms with van der Waals surface area (Å²) in [5.74, 6) is -0.613. The molecule has 22 heavy (non-hydrogen) atoms. The van der Waals surface area contributed by atoms with Gasteiger partial charge in [-0.15, -0.1) is 0 Å². The van der Waals surface area contributed by atoms with Crippen molar-refractivity contribution in [1.29, 1.82) is 0 Å². The van der Waals surface area contributed by atoms with Crippen molar-refractivity contribution in [2.75, 3.05) is 18.7 Å². The number of anilines is 2. The maximum Gasteiger partial charge on any atom is 0.305 e. The van der Waals surface area contributed by atoms with Gasteiger partial charge in [0.15, 0.2) is 26.4 Å². The molecule has 0 saturated heterocycles. The number of nitrogens with zero attached hydrogens (tertiary/aromatic N) is 1. The number of thiophene rings is 1. The number of nitrogens with one attached hydrogen (secondary N) is 1. The smallest absolute Gasteiger partial charge is 0.305 e. The number of benzene rings is 1. The van der Waals surface area contributed by atoms with Crippen molar-refractivity contribution >= 4 is 37.5 Å². The summed E-state index contributed by atoms with van der Waals surface area (Å²) < 4.78 is 41.0. The van der Waals surface area contributed by atoms with Crippen LogP contribution in [0.2, 0.25) is 0 Å². The predicted octanol–water partition coefficient (Wildman–Crippen LogP) is 2.95. The Bertz CT molecular complexity index is 832. The van der Waals surface area contributed by atoms with E-state index in [1.807, 2.05) is 0 Å². The third-order valence-corrected chi connectivity index (χ3v) is 5.50. The average molecular weight is 346 g/mol. The highest BCUT2D eigenvalue weighted by atomic mass is 32.2. The number of sulfone groups is 1. The van der Waals surface area contributed by atoms with Gasteiger partial charge in [0.05, 0.1) is 12.0 Å². The van der Waals surface area contributed by atoms with E-state index in [2.05, 4.69) is 5.32 Å². The lowest BCUT2D eigenvalue weighted by molar-refractivity contribution is -0.383. The molecule has 0 aliphatic carbocycles. The van der Waals surface area contributed by atoms with Gasteiger partial charge in [0.25, 0.3) is 0 Å². The van der Waals surface area contributed by atoms with Crippen LogP contribution in [0.3, 0.4) is 0 Å². The third kappa shape index (κ3) is 3.34. The normalized spacial score (nSPS) is 11.2. The molecule has 0 unspecified atom stereocenters. The Morgan fingerprint density at radius 1 is 1.36 bits per heavy atom. The van der Waals surface area contributed by atoms with Crippen LogP contribution in [-0.2, 0) is 9.84 Å². The Labute approximate surface area is 129 Å². The standard InChI is InChI=1S/C12H11FN2O5S2/c1-20-10-5-7(3-4-8(10)13)14-12-9(15(16)17)6-11(21-12)22(2,18)19/h3-6,14H,1-2H3. The Balaban J connectivity index is 2.44. The van der Waals surface area contributed by atoms with Gasteiger partial charge in [-0.2, -0.15) is 0 Å². The second-order valence-corrected chi connectivity index (χ2v) is 7.58. The number of ether oxygens (including phenoxy) is 1. The van der Waals surface area contributed by atoms with E-state index in [9.17, 15) is 22.9 Å². The first kappa shape index (κ1) is 16.2. The van der Waals surface area contributed by atoms with E-state index in [0.29, 0.717) is 5.69 Å². The molecule has 10 heteroatoms. The Morgan fingerprint density at radius 3 is 2.59 bits per heavy atom. The molecule has 0 radical (unpaired) electrons. The van der Waals surface area contributed by atoms with Crippen molar-refractivity contribution in [3.8, 4) is 5.75 Å². The first-order valence-electron chi connectivity index (χ1n) is 5.81. The van der Waals surface area contributed by atoms with Crippen molar-refractivity contribution in [3.63, 3.8) is 0 Å². The molecule has 1 heterocycles. The van der Waals surface area contributed by atoms with Crippen molar-refractivity contribution in [3.05, 3.63) is 40.2 Å². The molecule has 0 spiro atoms. The van der Waals surface area contributed by atoms with E-state index < -0.39 is 20.6 Å². The van der Waals surface area contributed by atoms with E-state index in [0.717, 1.165) is 29.7 Å². The van der Waals surface area contributed by atoms with Gasteiger partial charge in [-0.1, -0.05) is 11.3 Å². The summed E-state index contributed by atoms with van der Waals surface area (Å²) in [5.41, 5.74) is -0.0306. The van der Waals surface area contributed by atoms with Crippen molar-refractivity contribution in [2.45, 2.75) is 4.21 Å². The van der Waals surface area contributed by atoms with Crippen LogP contribution in [0, 0.1) is 15.9 Å². The van der Waals surface area contributed by atoms with Crippen LogP contribution in [0.5, 0.6) is 5.75 Å². The number of hydrogen-bond acceptors (Lipinski definition) is 7. The van der Waals surface area contributed by atoms with Crippen LogP contribution >= 0.6 is 11.3 Å². The van der Waals surface area contributed by atoms with Gasteiger partial charge < -0.3 is 10.1 Å². The molecule has 0 atom stereocenters. The topological polar surface area (TPSA) is 98.5 Å². The van der Waals surface area contributed by atoms with Gasteiger partial charge in [-0.25, -0.2) is 12.8 Å². The zero-order valence-corrected chi connectivity index (χ0v) is 13.1. The molecule has 0 aliphatic rings. The zero-order valence-electron chi connectivity index (χ0n) is 11.5. The second-order valence-electron chi connectivity index (χ2n) is 4.28.